The first-order valence-corrected chi connectivity index (χ1v) is 9.65. The summed E-state index contributed by atoms with van der Waals surface area (Å²) in [6.07, 6.45) is 0. The van der Waals surface area contributed by atoms with E-state index in [0.717, 1.165) is 26.6 Å². The summed E-state index contributed by atoms with van der Waals surface area (Å²) < 4.78 is 0. The third-order valence-electron chi connectivity index (χ3n) is 4.92. The second kappa shape index (κ2) is 6.46. The molecule has 28 heavy (non-hydrogen) atoms. The Balaban J connectivity index is 1.90. The summed E-state index contributed by atoms with van der Waals surface area (Å²) in [7, 11) is 0. The van der Waals surface area contributed by atoms with Crippen LogP contribution in [0.25, 0.3) is 10.8 Å². The highest BCUT2D eigenvalue weighted by Crippen LogP contribution is 2.54. The van der Waals surface area contributed by atoms with Crippen molar-refractivity contribution in [1.29, 1.82) is 10.5 Å². The molecule has 3 nitrogen and oxygen atoms in total. The Morgan fingerprint density at radius 1 is 0.679 bits per heavy atom. The molecule has 0 saturated heterocycles. The van der Waals surface area contributed by atoms with E-state index in [4.69, 9.17) is 0 Å². The number of hydrogen-bond acceptors (Lipinski definition) is 4. The smallest absolute Gasteiger partial charge is 0.101 e. The van der Waals surface area contributed by atoms with E-state index in [9.17, 15) is 10.5 Å². The number of nitriles is 2. The average Bonchev–Trinajstić information content (AvgIpc) is 2.77. The molecule has 0 N–H and O–H groups in total. The van der Waals surface area contributed by atoms with E-state index >= 15 is 0 Å². The van der Waals surface area contributed by atoms with Gasteiger partial charge in [-0.05, 0) is 41.1 Å². The van der Waals surface area contributed by atoms with Crippen molar-refractivity contribution in [2.24, 2.45) is 0 Å². The number of hydrogen-bond donors (Lipinski definition) is 0. The van der Waals surface area contributed by atoms with Gasteiger partial charge in [-0.1, -0.05) is 60.3 Å². The van der Waals surface area contributed by atoms with Crippen LogP contribution < -0.4 is 4.90 Å². The highest BCUT2D eigenvalue weighted by molar-refractivity contribution is 8.00. The average molecular weight is 375 g/mol. The second-order valence-corrected chi connectivity index (χ2v) is 7.52. The minimum atomic E-state index is 0.486. The fraction of sp³-hybridized carbons (Fsp3) is 0. The van der Waals surface area contributed by atoms with Crippen molar-refractivity contribution in [2.45, 2.75) is 9.79 Å². The first kappa shape index (κ1) is 16.4. The monoisotopic (exact) mass is 375 g/mol. The topological polar surface area (TPSA) is 50.8 Å². The Labute approximate surface area is 167 Å². The van der Waals surface area contributed by atoms with Gasteiger partial charge in [-0.2, -0.15) is 10.5 Å². The van der Waals surface area contributed by atoms with E-state index in [1.54, 1.807) is 30.0 Å². The Hall–Kier alpha value is -3.73. The molecule has 0 saturated carbocycles. The quantitative estimate of drug-likeness (QED) is 0.335. The summed E-state index contributed by atoms with van der Waals surface area (Å²) in [5, 5.41) is 21.8. The Morgan fingerprint density at radius 2 is 1.39 bits per heavy atom. The van der Waals surface area contributed by atoms with Crippen LogP contribution >= 0.6 is 11.8 Å². The van der Waals surface area contributed by atoms with Crippen molar-refractivity contribution in [3.63, 3.8) is 0 Å². The molecule has 0 aromatic heterocycles. The molecule has 0 radical (unpaired) electrons. The second-order valence-electron chi connectivity index (χ2n) is 6.47. The molecule has 0 unspecified atom stereocenters. The highest BCUT2D eigenvalue weighted by Gasteiger charge is 2.29. The normalized spacial score (nSPS) is 12.0. The SMILES string of the molecule is N#Cc1cccc(C#N)c1N1c2ccccc2Sc2c1ccc1ccccc21. The van der Waals surface area contributed by atoms with Gasteiger partial charge in [0.25, 0.3) is 0 Å². The summed E-state index contributed by atoms with van der Waals surface area (Å²) in [4.78, 5) is 4.29. The van der Waals surface area contributed by atoms with E-state index in [1.807, 2.05) is 30.3 Å². The van der Waals surface area contributed by atoms with E-state index in [2.05, 4.69) is 47.4 Å². The van der Waals surface area contributed by atoms with Crippen molar-refractivity contribution >= 4 is 39.6 Å². The number of rotatable bonds is 1. The molecule has 1 heterocycles. The van der Waals surface area contributed by atoms with Crippen LogP contribution in [0, 0.1) is 22.7 Å². The lowest BCUT2D eigenvalue weighted by molar-refractivity contribution is 1.17. The third-order valence-corrected chi connectivity index (χ3v) is 6.12. The summed E-state index contributed by atoms with van der Waals surface area (Å²) in [5.74, 6) is 0. The maximum Gasteiger partial charge on any atom is 0.101 e. The molecule has 0 fully saturated rings. The molecule has 0 aliphatic carbocycles. The fourth-order valence-corrected chi connectivity index (χ4v) is 4.88. The molecule has 0 amide bonds. The van der Waals surface area contributed by atoms with E-state index < -0.39 is 0 Å². The van der Waals surface area contributed by atoms with Gasteiger partial charge in [0.2, 0.25) is 0 Å². The molecule has 130 valence electrons. The van der Waals surface area contributed by atoms with E-state index in [-0.39, 0.29) is 0 Å². The summed E-state index contributed by atoms with van der Waals surface area (Å²) in [6.45, 7) is 0. The van der Waals surface area contributed by atoms with E-state index in [1.165, 1.54) is 5.39 Å². The molecule has 1 aliphatic rings. The third kappa shape index (κ3) is 2.36. The molecule has 4 heteroatoms. The Bertz CT molecular complexity index is 1300. The van der Waals surface area contributed by atoms with Crippen LogP contribution in [0.2, 0.25) is 0 Å². The Kier molecular flexibility index (Phi) is 3.79. The van der Waals surface area contributed by atoms with E-state index in [0.29, 0.717) is 16.8 Å². The minimum absolute atomic E-state index is 0.486. The first-order valence-electron chi connectivity index (χ1n) is 8.84. The van der Waals surface area contributed by atoms with Gasteiger partial charge < -0.3 is 4.90 Å². The molecule has 4 aromatic rings. The van der Waals surface area contributed by atoms with Gasteiger partial charge in [0.15, 0.2) is 0 Å². The predicted octanol–water partition coefficient (Wildman–Crippen LogP) is 6.52. The summed E-state index contributed by atoms with van der Waals surface area (Å²) >= 11 is 1.73. The number of para-hydroxylation sites is 2. The number of benzene rings is 4. The van der Waals surface area contributed by atoms with Crippen molar-refractivity contribution in [2.75, 3.05) is 4.90 Å². The molecule has 4 aromatic carbocycles. The first-order chi connectivity index (χ1) is 13.8. The van der Waals surface area contributed by atoms with Gasteiger partial charge in [-0.15, -0.1) is 0 Å². The van der Waals surface area contributed by atoms with Gasteiger partial charge in [0.1, 0.15) is 12.1 Å². The summed E-state index contributed by atoms with van der Waals surface area (Å²) in [6, 6.07) is 30.4. The number of fused-ring (bicyclic) bond motifs is 4. The van der Waals surface area contributed by atoms with Gasteiger partial charge in [-0.25, -0.2) is 0 Å². The fourth-order valence-electron chi connectivity index (χ4n) is 3.69. The lowest BCUT2D eigenvalue weighted by Gasteiger charge is -2.34. The molecule has 1 aliphatic heterocycles. The van der Waals surface area contributed by atoms with Gasteiger partial charge in [-0.3, -0.25) is 0 Å². The van der Waals surface area contributed by atoms with Crippen molar-refractivity contribution in [3.05, 3.63) is 90.0 Å². The Morgan fingerprint density at radius 3 is 2.18 bits per heavy atom. The summed E-state index contributed by atoms with van der Waals surface area (Å²) in [5.41, 5.74) is 3.58. The zero-order valence-corrected chi connectivity index (χ0v) is 15.6. The lowest BCUT2D eigenvalue weighted by Crippen LogP contribution is -2.17. The van der Waals surface area contributed by atoms with Crippen LogP contribution in [-0.2, 0) is 0 Å². The predicted molar refractivity (Wildman–Crippen MR) is 112 cm³/mol. The van der Waals surface area contributed by atoms with Crippen LogP contribution in [-0.4, -0.2) is 0 Å². The van der Waals surface area contributed by atoms with Gasteiger partial charge in [0.05, 0.1) is 28.2 Å². The van der Waals surface area contributed by atoms with Gasteiger partial charge in [0, 0.05) is 9.79 Å². The number of nitrogens with zero attached hydrogens (tertiary/aromatic N) is 3. The van der Waals surface area contributed by atoms with Crippen molar-refractivity contribution in [3.8, 4) is 12.1 Å². The lowest BCUT2D eigenvalue weighted by atomic mass is 10.0. The molecular formula is C24H13N3S. The molecule has 0 bridgehead atoms. The van der Waals surface area contributed by atoms with Crippen LogP contribution in [0.15, 0.2) is 88.7 Å². The minimum Gasteiger partial charge on any atom is -0.306 e. The zero-order chi connectivity index (χ0) is 19.1. The van der Waals surface area contributed by atoms with Crippen molar-refractivity contribution < 1.29 is 0 Å². The molecular weight excluding hydrogens is 362 g/mol. The maximum atomic E-state index is 9.75. The molecule has 0 spiro atoms. The maximum absolute atomic E-state index is 9.75. The van der Waals surface area contributed by atoms with Gasteiger partial charge >= 0.3 is 0 Å². The largest absolute Gasteiger partial charge is 0.306 e. The van der Waals surface area contributed by atoms with Crippen LogP contribution in [0.5, 0.6) is 0 Å². The van der Waals surface area contributed by atoms with Crippen molar-refractivity contribution in [1.82, 2.24) is 0 Å². The van der Waals surface area contributed by atoms with Crippen LogP contribution in [0.1, 0.15) is 11.1 Å². The van der Waals surface area contributed by atoms with Crippen LogP contribution in [0.4, 0.5) is 17.1 Å². The van der Waals surface area contributed by atoms with Crippen LogP contribution in [0.3, 0.4) is 0 Å². The zero-order valence-electron chi connectivity index (χ0n) is 14.8. The highest BCUT2D eigenvalue weighted by atomic mass is 32.2. The molecule has 0 atom stereocenters. The molecule has 5 rings (SSSR count). The standard InChI is InChI=1S/C24H13N3S/c25-14-17-7-5-8-18(15-26)23(17)27-20-10-3-4-11-22(20)28-24-19-9-2-1-6-16(19)12-13-21(24)27/h1-13H. The number of anilines is 3.